The summed E-state index contributed by atoms with van der Waals surface area (Å²) in [4.78, 5) is 33.5. The van der Waals surface area contributed by atoms with Crippen molar-refractivity contribution in [2.75, 3.05) is 18.6 Å². The molecule has 3 aromatic carbocycles. The number of carbonyl (C=O) groups is 2. The number of halogens is 1. The van der Waals surface area contributed by atoms with Crippen LogP contribution in [0.3, 0.4) is 0 Å². The SMILES string of the molecule is CCCOc1ccc(C2C(C(=O)c3cc4cccc(OC)c4o3)=C(O)C(=O)N2c2nc3ccc(Cl)cc3s2)cc1. The molecule has 202 valence electrons. The van der Waals surface area contributed by atoms with E-state index in [1.54, 1.807) is 66.7 Å². The maximum Gasteiger partial charge on any atom is 0.296 e. The van der Waals surface area contributed by atoms with Gasteiger partial charge in [-0.2, -0.15) is 0 Å². The molecule has 0 saturated heterocycles. The van der Waals surface area contributed by atoms with Crippen molar-refractivity contribution in [2.45, 2.75) is 19.4 Å². The molecule has 2 aromatic heterocycles. The van der Waals surface area contributed by atoms with Gasteiger partial charge in [0.25, 0.3) is 5.91 Å². The highest BCUT2D eigenvalue weighted by atomic mass is 35.5. The van der Waals surface area contributed by atoms with E-state index < -0.39 is 23.5 Å². The Morgan fingerprint density at radius 3 is 2.70 bits per heavy atom. The van der Waals surface area contributed by atoms with Crippen molar-refractivity contribution >= 4 is 60.9 Å². The molecule has 0 bridgehead atoms. The van der Waals surface area contributed by atoms with Crippen LogP contribution >= 0.6 is 22.9 Å². The molecule has 1 N–H and O–H groups in total. The van der Waals surface area contributed by atoms with Gasteiger partial charge in [0.05, 0.1) is 35.5 Å². The average Bonchev–Trinajstić information content (AvgIpc) is 3.65. The molecular weight excluding hydrogens is 552 g/mol. The van der Waals surface area contributed by atoms with E-state index >= 15 is 0 Å². The number of Topliss-reactive ketones (excluding diaryl/α,β-unsaturated/α-hetero) is 1. The van der Waals surface area contributed by atoms with E-state index in [1.807, 2.05) is 6.92 Å². The molecule has 5 aromatic rings. The molecule has 0 saturated carbocycles. The second kappa shape index (κ2) is 10.3. The van der Waals surface area contributed by atoms with Crippen LogP contribution in [0.1, 0.15) is 35.5 Å². The smallest absolute Gasteiger partial charge is 0.296 e. The number of carbonyl (C=O) groups excluding carboxylic acids is 2. The second-order valence-electron chi connectivity index (χ2n) is 9.18. The molecule has 3 heterocycles. The van der Waals surface area contributed by atoms with E-state index in [1.165, 1.54) is 23.3 Å². The summed E-state index contributed by atoms with van der Waals surface area (Å²) in [7, 11) is 1.51. The Hall–Kier alpha value is -4.34. The number of ketones is 1. The number of aliphatic hydroxyl groups excluding tert-OH is 1. The number of furan rings is 1. The monoisotopic (exact) mass is 574 g/mol. The maximum atomic E-state index is 14.0. The predicted molar refractivity (Wildman–Crippen MR) is 154 cm³/mol. The fourth-order valence-electron chi connectivity index (χ4n) is 4.75. The molecule has 1 aliphatic heterocycles. The molecule has 8 nitrogen and oxygen atoms in total. The first-order chi connectivity index (χ1) is 19.4. The predicted octanol–water partition coefficient (Wildman–Crippen LogP) is 7.28. The summed E-state index contributed by atoms with van der Waals surface area (Å²) in [5.41, 5.74) is 1.52. The molecule has 0 fully saturated rings. The van der Waals surface area contributed by atoms with Crippen molar-refractivity contribution in [1.82, 2.24) is 4.98 Å². The van der Waals surface area contributed by atoms with E-state index in [-0.39, 0.29) is 11.3 Å². The van der Waals surface area contributed by atoms with Crippen LogP contribution in [0.2, 0.25) is 5.02 Å². The number of rotatable bonds is 8. The zero-order valence-corrected chi connectivity index (χ0v) is 23.1. The van der Waals surface area contributed by atoms with E-state index in [0.29, 0.717) is 50.3 Å². The number of hydrogen-bond donors (Lipinski definition) is 1. The molecule has 1 aliphatic rings. The second-order valence-corrected chi connectivity index (χ2v) is 10.6. The number of para-hydroxylation sites is 1. The summed E-state index contributed by atoms with van der Waals surface area (Å²) in [5.74, 6) is -0.927. The average molecular weight is 575 g/mol. The number of thiazole rings is 1. The molecule has 0 spiro atoms. The fraction of sp³-hybridized carbons (Fsp3) is 0.167. The van der Waals surface area contributed by atoms with Crippen LogP contribution in [0.5, 0.6) is 11.5 Å². The summed E-state index contributed by atoms with van der Waals surface area (Å²) in [6.07, 6.45) is 0.853. The summed E-state index contributed by atoms with van der Waals surface area (Å²) < 4.78 is 17.8. The molecule has 1 atom stereocenters. The van der Waals surface area contributed by atoms with Gasteiger partial charge < -0.3 is 19.0 Å². The van der Waals surface area contributed by atoms with Crippen molar-refractivity contribution in [2.24, 2.45) is 0 Å². The number of amides is 1. The first kappa shape index (κ1) is 25.9. The number of aliphatic hydroxyl groups is 1. The molecule has 6 rings (SSSR count). The van der Waals surface area contributed by atoms with Crippen LogP contribution in [0.25, 0.3) is 21.2 Å². The van der Waals surface area contributed by atoms with Crippen molar-refractivity contribution in [3.63, 3.8) is 0 Å². The molecule has 1 amide bonds. The van der Waals surface area contributed by atoms with E-state index in [2.05, 4.69) is 4.98 Å². The van der Waals surface area contributed by atoms with Gasteiger partial charge in [-0.3, -0.25) is 14.5 Å². The number of benzene rings is 3. The normalized spacial score (nSPS) is 15.4. The zero-order chi connectivity index (χ0) is 28.0. The van der Waals surface area contributed by atoms with Crippen molar-refractivity contribution in [3.05, 3.63) is 94.4 Å². The minimum absolute atomic E-state index is 0.0281. The number of nitrogens with zero attached hydrogens (tertiary/aromatic N) is 2. The lowest BCUT2D eigenvalue weighted by molar-refractivity contribution is -0.117. The molecule has 0 radical (unpaired) electrons. The van der Waals surface area contributed by atoms with Crippen molar-refractivity contribution in [3.8, 4) is 11.5 Å². The van der Waals surface area contributed by atoms with Gasteiger partial charge in [-0.15, -0.1) is 0 Å². The van der Waals surface area contributed by atoms with Gasteiger partial charge in [0.15, 0.2) is 28.0 Å². The summed E-state index contributed by atoms with van der Waals surface area (Å²) in [5, 5.41) is 12.7. The maximum absolute atomic E-state index is 14.0. The van der Waals surface area contributed by atoms with Gasteiger partial charge in [0.1, 0.15) is 5.75 Å². The van der Waals surface area contributed by atoms with E-state index in [4.69, 9.17) is 25.5 Å². The lowest BCUT2D eigenvalue weighted by Gasteiger charge is -2.24. The van der Waals surface area contributed by atoms with E-state index in [0.717, 1.165) is 11.1 Å². The third-order valence-corrected chi connectivity index (χ3v) is 7.87. The number of hydrogen-bond acceptors (Lipinski definition) is 8. The van der Waals surface area contributed by atoms with Crippen molar-refractivity contribution in [1.29, 1.82) is 0 Å². The summed E-state index contributed by atoms with van der Waals surface area (Å²) >= 11 is 7.42. The molecule has 10 heteroatoms. The van der Waals surface area contributed by atoms with Gasteiger partial charge in [-0.25, -0.2) is 4.98 Å². The first-order valence-corrected chi connectivity index (χ1v) is 13.8. The quantitative estimate of drug-likeness (QED) is 0.194. The molecule has 1 unspecified atom stereocenters. The largest absolute Gasteiger partial charge is 0.503 e. The number of aromatic nitrogens is 1. The van der Waals surface area contributed by atoms with Crippen molar-refractivity contribution < 1.29 is 28.6 Å². The number of ether oxygens (including phenoxy) is 2. The third kappa shape index (κ3) is 4.37. The minimum Gasteiger partial charge on any atom is -0.503 e. The lowest BCUT2D eigenvalue weighted by atomic mass is 9.95. The Kier molecular flexibility index (Phi) is 6.69. The van der Waals surface area contributed by atoms with Crippen LogP contribution in [-0.2, 0) is 4.79 Å². The van der Waals surface area contributed by atoms with Gasteiger partial charge in [0, 0.05) is 10.4 Å². The number of anilines is 1. The van der Waals surface area contributed by atoms with Gasteiger partial charge >= 0.3 is 0 Å². The Bertz CT molecular complexity index is 1810. The fourth-order valence-corrected chi connectivity index (χ4v) is 6.02. The van der Waals surface area contributed by atoms with Crippen LogP contribution in [0, 0.1) is 0 Å². The van der Waals surface area contributed by atoms with Crippen LogP contribution in [-0.4, -0.2) is 35.5 Å². The van der Waals surface area contributed by atoms with Gasteiger partial charge in [-0.1, -0.05) is 54.1 Å². The number of fused-ring (bicyclic) bond motifs is 2. The van der Waals surface area contributed by atoms with E-state index in [9.17, 15) is 14.7 Å². The third-order valence-electron chi connectivity index (χ3n) is 6.62. The Labute approximate surface area is 238 Å². The molecule has 0 aliphatic carbocycles. The first-order valence-electron chi connectivity index (χ1n) is 12.6. The lowest BCUT2D eigenvalue weighted by Crippen LogP contribution is -2.30. The Morgan fingerprint density at radius 2 is 1.95 bits per heavy atom. The highest BCUT2D eigenvalue weighted by molar-refractivity contribution is 7.22. The number of methoxy groups -OCH3 is 1. The van der Waals surface area contributed by atoms with Crippen LogP contribution in [0.4, 0.5) is 5.13 Å². The Morgan fingerprint density at radius 1 is 1.15 bits per heavy atom. The standard InChI is InChI=1S/C30H23ClN2O6S/c1-3-13-38-19-10-7-16(8-11-19)25-24(26(34)22-14-17-5-4-6-21(37-2)28(17)39-22)27(35)29(36)33(25)30-32-20-12-9-18(31)15-23(20)40-30/h4-12,14-15,25,35H,3,13H2,1-2H3. The van der Waals surface area contributed by atoms with Gasteiger partial charge in [-0.05, 0) is 54.4 Å². The minimum atomic E-state index is -0.966. The molecule has 40 heavy (non-hydrogen) atoms. The zero-order valence-electron chi connectivity index (χ0n) is 21.5. The summed E-state index contributed by atoms with van der Waals surface area (Å²) in [6.45, 7) is 2.57. The highest BCUT2D eigenvalue weighted by Gasteiger charge is 2.46. The topological polar surface area (TPSA) is 102 Å². The van der Waals surface area contributed by atoms with Gasteiger partial charge in [0.2, 0.25) is 5.78 Å². The Balaban J connectivity index is 1.47. The van der Waals surface area contributed by atoms with Crippen LogP contribution in [0.15, 0.2) is 82.5 Å². The highest BCUT2D eigenvalue weighted by Crippen LogP contribution is 2.45. The molecular formula is C30H23ClN2O6S. The van der Waals surface area contributed by atoms with Crippen LogP contribution < -0.4 is 14.4 Å². The summed E-state index contributed by atoms with van der Waals surface area (Å²) in [6, 6.07) is 18.2.